The molecule has 50 valence electrons. The van der Waals surface area contributed by atoms with E-state index in [0.717, 1.165) is 6.42 Å². The van der Waals surface area contributed by atoms with Crippen molar-refractivity contribution in [1.82, 2.24) is 0 Å². The van der Waals surface area contributed by atoms with Crippen molar-refractivity contribution >= 4 is 8.38 Å². The van der Waals surface area contributed by atoms with Gasteiger partial charge in [-0.15, -0.1) is 0 Å². The summed E-state index contributed by atoms with van der Waals surface area (Å²) >= 11 is 0. The second-order valence-corrected chi connectivity index (χ2v) is 2.98. The fraction of sp³-hybridized carbons (Fsp3) is 1.00. The number of nitrogens with two attached hydrogens (primary N) is 1. The average Bonchev–Trinajstić information content (AvgIpc) is 1.67. The molecule has 0 aliphatic heterocycles. The second kappa shape index (κ2) is 4.21. The summed E-state index contributed by atoms with van der Waals surface area (Å²) in [5.41, 5.74) is 5.26. The molecule has 0 amide bonds. The largest absolute Gasteiger partial charge is 0.349 e. The Balaban J connectivity index is 3.17. The Labute approximate surface area is 50.4 Å². The molecule has 0 aliphatic rings. The lowest BCUT2D eigenvalue weighted by Crippen LogP contribution is -2.16. The molecule has 4 heteroatoms. The topological polar surface area (TPSA) is 66.5 Å². The van der Waals surface area contributed by atoms with Crippen molar-refractivity contribution in [2.24, 2.45) is 5.73 Å². The van der Waals surface area contributed by atoms with E-state index in [1.165, 1.54) is 0 Å². The molecule has 0 radical (unpaired) electrons. The standard InChI is InChI=1S/C4H12NO2P/c1-2-3-4(5)8(6)7/h4,6-7H,2-3,5H2,1H3. The highest BCUT2D eigenvalue weighted by Crippen LogP contribution is 2.29. The van der Waals surface area contributed by atoms with Crippen LogP contribution in [-0.4, -0.2) is 15.6 Å². The monoisotopic (exact) mass is 137 g/mol. The second-order valence-electron chi connectivity index (χ2n) is 1.68. The molecule has 0 fully saturated rings. The fourth-order valence-electron chi connectivity index (χ4n) is 0.411. The van der Waals surface area contributed by atoms with Gasteiger partial charge in [0, 0.05) is 0 Å². The van der Waals surface area contributed by atoms with Gasteiger partial charge in [0.15, 0.2) is 8.38 Å². The van der Waals surface area contributed by atoms with Crippen molar-refractivity contribution < 1.29 is 9.79 Å². The molecule has 0 aromatic carbocycles. The Morgan fingerprint density at radius 1 is 1.62 bits per heavy atom. The quantitative estimate of drug-likeness (QED) is 0.492. The molecule has 0 aromatic heterocycles. The van der Waals surface area contributed by atoms with Gasteiger partial charge in [0.1, 0.15) is 0 Å². The van der Waals surface area contributed by atoms with E-state index < -0.39 is 14.2 Å². The van der Waals surface area contributed by atoms with Gasteiger partial charge in [0.25, 0.3) is 0 Å². The smallest absolute Gasteiger partial charge is 0.183 e. The van der Waals surface area contributed by atoms with Crippen LogP contribution in [0, 0.1) is 0 Å². The van der Waals surface area contributed by atoms with Gasteiger partial charge in [-0.1, -0.05) is 13.3 Å². The first kappa shape index (κ1) is 8.31. The predicted octanol–water partition coefficient (Wildman–Crippen LogP) is 0.368. The zero-order chi connectivity index (χ0) is 6.57. The highest BCUT2D eigenvalue weighted by molar-refractivity contribution is 7.45. The molecule has 0 bridgehead atoms. The van der Waals surface area contributed by atoms with E-state index >= 15 is 0 Å². The summed E-state index contributed by atoms with van der Waals surface area (Å²) in [4.78, 5) is 16.9. The van der Waals surface area contributed by atoms with Crippen LogP contribution in [-0.2, 0) is 0 Å². The zero-order valence-corrected chi connectivity index (χ0v) is 5.80. The molecule has 0 aromatic rings. The normalized spacial score (nSPS) is 14.6. The summed E-state index contributed by atoms with van der Waals surface area (Å²) in [5.74, 6) is -0.407. The third-order valence-electron chi connectivity index (χ3n) is 0.881. The summed E-state index contributed by atoms with van der Waals surface area (Å²) < 4.78 is 0. The molecule has 0 spiro atoms. The lowest BCUT2D eigenvalue weighted by molar-refractivity contribution is 0.459. The van der Waals surface area contributed by atoms with Crippen molar-refractivity contribution in [3.05, 3.63) is 0 Å². The lowest BCUT2D eigenvalue weighted by Gasteiger charge is -2.09. The number of hydrogen-bond acceptors (Lipinski definition) is 3. The molecule has 0 heterocycles. The van der Waals surface area contributed by atoms with Crippen molar-refractivity contribution in [2.75, 3.05) is 0 Å². The Kier molecular flexibility index (Phi) is 4.38. The Bertz CT molecular complexity index is 60.0. The molecule has 3 nitrogen and oxygen atoms in total. The van der Waals surface area contributed by atoms with E-state index in [9.17, 15) is 0 Å². The van der Waals surface area contributed by atoms with Crippen LogP contribution in [0.2, 0.25) is 0 Å². The van der Waals surface area contributed by atoms with Crippen molar-refractivity contribution in [3.8, 4) is 0 Å². The Hall–Kier alpha value is 0.310. The van der Waals surface area contributed by atoms with Crippen LogP contribution in [0.15, 0.2) is 0 Å². The predicted molar refractivity (Wildman–Crippen MR) is 34.2 cm³/mol. The van der Waals surface area contributed by atoms with Crippen LogP contribution < -0.4 is 5.73 Å². The van der Waals surface area contributed by atoms with Crippen molar-refractivity contribution in [1.29, 1.82) is 0 Å². The lowest BCUT2D eigenvalue weighted by atomic mass is 10.3. The summed E-state index contributed by atoms with van der Waals surface area (Å²) in [5, 5.41) is 0. The first-order valence-corrected chi connectivity index (χ1v) is 3.92. The molecule has 1 unspecified atom stereocenters. The molecule has 1 atom stereocenters. The zero-order valence-electron chi connectivity index (χ0n) is 4.91. The minimum atomic E-state index is -1.89. The third-order valence-corrected chi connectivity index (χ3v) is 1.73. The molecule has 0 rings (SSSR count). The summed E-state index contributed by atoms with van der Waals surface area (Å²) in [6, 6.07) is 0. The van der Waals surface area contributed by atoms with E-state index in [0.29, 0.717) is 6.42 Å². The van der Waals surface area contributed by atoms with Crippen LogP contribution in [0.3, 0.4) is 0 Å². The van der Waals surface area contributed by atoms with E-state index in [1.807, 2.05) is 6.92 Å². The molecular formula is C4H12NO2P. The molecular weight excluding hydrogens is 125 g/mol. The summed E-state index contributed by atoms with van der Waals surface area (Å²) in [6.07, 6.45) is 1.60. The van der Waals surface area contributed by atoms with Gasteiger partial charge in [-0.25, -0.2) is 0 Å². The first-order valence-electron chi connectivity index (χ1n) is 2.61. The van der Waals surface area contributed by atoms with Gasteiger partial charge in [-0.3, -0.25) is 0 Å². The number of rotatable bonds is 3. The minimum Gasteiger partial charge on any atom is -0.349 e. The maximum atomic E-state index is 8.45. The van der Waals surface area contributed by atoms with Crippen LogP contribution in [0.1, 0.15) is 19.8 Å². The van der Waals surface area contributed by atoms with E-state index in [-0.39, 0.29) is 0 Å². The van der Waals surface area contributed by atoms with Gasteiger partial charge in [0.2, 0.25) is 0 Å². The summed E-state index contributed by atoms with van der Waals surface area (Å²) in [6.45, 7) is 1.96. The maximum Gasteiger partial charge on any atom is 0.183 e. The molecule has 8 heavy (non-hydrogen) atoms. The van der Waals surface area contributed by atoms with E-state index in [2.05, 4.69) is 0 Å². The Morgan fingerprint density at radius 3 is 2.25 bits per heavy atom. The van der Waals surface area contributed by atoms with E-state index in [1.54, 1.807) is 0 Å². The average molecular weight is 137 g/mol. The van der Waals surface area contributed by atoms with Crippen molar-refractivity contribution in [2.45, 2.75) is 25.5 Å². The Morgan fingerprint density at radius 2 is 2.12 bits per heavy atom. The minimum absolute atomic E-state index is 0.407. The number of hydrogen-bond donors (Lipinski definition) is 3. The van der Waals surface area contributed by atoms with Gasteiger partial charge in [-0.05, 0) is 6.42 Å². The van der Waals surface area contributed by atoms with Crippen molar-refractivity contribution in [3.63, 3.8) is 0 Å². The van der Waals surface area contributed by atoms with E-state index in [4.69, 9.17) is 15.5 Å². The summed E-state index contributed by atoms with van der Waals surface area (Å²) in [7, 11) is -1.89. The van der Waals surface area contributed by atoms with Crippen LogP contribution in [0.4, 0.5) is 0 Å². The van der Waals surface area contributed by atoms with Gasteiger partial charge >= 0.3 is 0 Å². The highest BCUT2D eigenvalue weighted by Gasteiger charge is 2.08. The maximum absolute atomic E-state index is 8.45. The first-order chi connectivity index (χ1) is 3.68. The molecule has 0 aliphatic carbocycles. The highest BCUT2D eigenvalue weighted by atomic mass is 31.2. The van der Waals surface area contributed by atoms with Crippen LogP contribution >= 0.6 is 8.38 Å². The third kappa shape index (κ3) is 3.33. The van der Waals surface area contributed by atoms with Gasteiger partial charge in [0.05, 0.1) is 5.78 Å². The fourth-order valence-corrected chi connectivity index (χ4v) is 0.900. The SMILES string of the molecule is CCCC(N)P(O)O. The van der Waals surface area contributed by atoms with Crippen LogP contribution in [0.25, 0.3) is 0 Å². The van der Waals surface area contributed by atoms with Crippen LogP contribution in [0.5, 0.6) is 0 Å². The molecule has 4 N–H and O–H groups in total. The molecule has 0 saturated heterocycles. The van der Waals surface area contributed by atoms with Gasteiger partial charge in [-0.2, -0.15) is 0 Å². The molecule has 0 saturated carbocycles. The van der Waals surface area contributed by atoms with Gasteiger partial charge < -0.3 is 15.5 Å².